The predicted octanol–water partition coefficient (Wildman–Crippen LogP) is 1.30. The number of halogens is 1. The van der Waals surface area contributed by atoms with Crippen LogP contribution in [0.1, 0.15) is 38.1 Å². The van der Waals surface area contributed by atoms with E-state index >= 15 is 0 Å². The fourth-order valence-electron chi connectivity index (χ4n) is 1.63. The number of nitrogens with one attached hydrogen (secondary N) is 3. The van der Waals surface area contributed by atoms with Gasteiger partial charge in [0.2, 0.25) is 5.91 Å². The second-order valence-electron chi connectivity index (χ2n) is 5.73. The van der Waals surface area contributed by atoms with Crippen LogP contribution in [-0.2, 0) is 4.79 Å². The molecule has 1 rings (SSSR count). The van der Waals surface area contributed by atoms with Gasteiger partial charge >= 0.3 is 0 Å². The minimum Gasteiger partial charge on any atom is -0.372 e. The average Bonchev–Trinajstić information content (AvgIpc) is 2.36. The van der Waals surface area contributed by atoms with Crippen LogP contribution < -0.4 is 16.0 Å². The molecule has 0 spiro atoms. The molecule has 0 aliphatic heterocycles. The van der Waals surface area contributed by atoms with Crippen LogP contribution >= 0.6 is 0 Å². The molecule has 0 radical (unpaired) electrons. The molecule has 116 valence electrons. The summed E-state index contributed by atoms with van der Waals surface area (Å²) in [6.45, 7) is 7.09. The van der Waals surface area contributed by atoms with Crippen molar-refractivity contribution in [2.75, 3.05) is 12.4 Å². The van der Waals surface area contributed by atoms with E-state index in [1.165, 1.54) is 0 Å². The van der Waals surface area contributed by atoms with E-state index in [9.17, 15) is 14.0 Å². The lowest BCUT2D eigenvalue weighted by Gasteiger charge is -2.23. The normalized spacial score (nSPS) is 12.5. The van der Waals surface area contributed by atoms with Crippen molar-refractivity contribution in [3.05, 3.63) is 23.6 Å². The van der Waals surface area contributed by atoms with Crippen LogP contribution in [0.4, 0.5) is 10.2 Å². The number of hydrogen-bond acceptors (Lipinski definition) is 4. The van der Waals surface area contributed by atoms with Crippen molar-refractivity contribution >= 4 is 17.6 Å². The van der Waals surface area contributed by atoms with Gasteiger partial charge in [-0.1, -0.05) is 0 Å². The second-order valence-corrected chi connectivity index (χ2v) is 5.73. The summed E-state index contributed by atoms with van der Waals surface area (Å²) >= 11 is 0. The first-order valence-electron chi connectivity index (χ1n) is 6.60. The molecule has 0 aliphatic rings. The second kappa shape index (κ2) is 6.51. The fourth-order valence-corrected chi connectivity index (χ4v) is 1.63. The summed E-state index contributed by atoms with van der Waals surface area (Å²) in [6, 6.07) is 0.326. The number of carbonyl (C=O) groups excluding carboxylic acids is 2. The maximum absolute atomic E-state index is 13.2. The number of nitrogens with zero attached hydrogens (tertiary/aromatic N) is 1. The van der Waals surface area contributed by atoms with Crippen LogP contribution in [0.3, 0.4) is 0 Å². The molecule has 2 amide bonds. The van der Waals surface area contributed by atoms with E-state index in [0.29, 0.717) is 0 Å². The minimum absolute atomic E-state index is 0.0490. The van der Waals surface area contributed by atoms with Gasteiger partial charge in [0, 0.05) is 12.6 Å². The molecule has 1 unspecified atom stereocenters. The van der Waals surface area contributed by atoms with Crippen LogP contribution in [0.25, 0.3) is 0 Å². The largest absolute Gasteiger partial charge is 0.372 e. The Balaban J connectivity index is 2.81. The van der Waals surface area contributed by atoms with E-state index in [1.807, 2.05) is 20.8 Å². The topological polar surface area (TPSA) is 83.1 Å². The average molecular weight is 296 g/mol. The fraction of sp³-hybridized carbons (Fsp3) is 0.500. The number of hydrogen-bond donors (Lipinski definition) is 3. The molecule has 1 aromatic heterocycles. The van der Waals surface area contributed by atoms with Crippen LogP contribution in [0.2, 0.25) is 0 Å². The molecule has 21 heavy (non-hydrogen) atoms. The Hall–Kier alpha value is -2.18. The quantitative estimate of drug-likeness (QED) is 0.782. The third-order valence-electron chi connectivity index (χ3n) is 2.57. The van der Waals surface area contributed by atoms with E-state index in [0.717, 1.165) is 12.3 Å². The van der Waals surface area contributed by atoms with E-state index in [2.05, 4.69) is 20.9 Å². The SMILES string of the molecule is CNc1ncc(F)cc1C(=O)NC(C)C(=O)NC(C)(C)C. The van der Waals surface area contributed by atoms with Crippen molar-refractivity contribution in [3.63, 3.8) is 0 Å². The Morgan fingerprint density at radius 3 is 2.48 bits per heavy atom. The number of aromatic nitrogens is 1. The highest BCUT2D eigenvalue weighted by Crippen LogP contribution is 2.13. The summed E-state index contributed by atoms with van der Waals surface area (Å²) in [7, 11) is 1.58. The molecule has 1 aromatic rings. The van der Waals surface area contributed by atoms with Crippen LogP contribution in [-0.4, -0.2) is 35.4 Å². The van der Waals surface area contributed by atoms with Crippen molar-refractivity contribution in [1.82, 2.24) is 15.6 Å². The van der Waals surface area contributed by atoms with Crippen LogP contribution in [0.15, 0.2) is 12.3 Å². The first-order chi connectivity index (χ1) is 9.64. The Kier molecular flexibility index (Phi) is 5.23. The summed E-state index contributed by atoms with van der Waals surface area (Å²) in [5.74, 6) is -1.25. The van der Waals surface area contributed by atoms with Gasteiger partial charge in [0.05, 0.1) is 11.8 Å². The predicted molar refractivity (Wildman–Crippen MR) is 78.6 cm³/mol. The Morgan fingerprint density at radius 1 is 1.33 bits per heavy atom. The molecule has 7 heteroatoms. The molecule has 0 aliphatic carbocycles. The van der Waals surface area contributed by atoms with Gasteiger partial charge in [-0.3, -0.25) is 9.59 Å². The minimum atomic E-state index is -0.746. The third-order valence-corrected chi connectivity index (χ3v) is 2.57. The Bertz CT molecular complexity index is 540. The number of amides is 2. The molecule has 1 atom stereocenters. The van der Waals surface area contributed by atoms with Gasteiger partial charge in [0.25, 0.3) is 5.91 Å². The molecule has 1 heterocycles. The molecule has 3 N–H and O–H groups in total. The summed E-state index contributed by atoms with van der Waals surface area (Å²) in [5, 5.41) is 7.98. The maximum atomic E-state index is 13.2. The van der Waals surface area contributed by atoms with Crippen molar-refractivity contribution in [1.29, 1.82) is 0 Å². The summed E-state index contributed by atoms with van der Waals surface area (Å²) in [6.07, 6.45) is 1.01. The highest BCUT2D eigenvalue weighted by molar-refractivity contribution is 6.01. The number of rotatable bonds is 4. The summed E-state index contributed by atoms with van der Waals surface area (Å²) in [4.78, 5) is 27.8. The molecule has 0 fully saturated rings. The van der Waals surface area contributed by atoms with Gasteiger partial charge in [-0.2, -0.15) is 0 Å². The summed E-state index contributed by atoms with van der Waals surface area (Å²) < 4.78 is 13.2. The smallest absolute Gasteiger partial charge is 0.255 e. The zero-order valence-electron chi connectivity index (χ0n) is 12.9. The zero-order valence-corrected chi connectivity index (χ0v) is 12.9. The molecule has 0 saturated heterocycles. The van der Waals surface area contributed by atoms with Crippen LogP contribution in [0, 0.1) is 5.82 Å². The first-order valence-corrected chi connectivity index (χ1v) is 6.60. The van der Waals surface area contributed by atoms with Gasteiger partial charge in [-0.05, 0) is 33.8 Å². The lowest BCUT2D eigenvalue weighted by atomic mass is 10.1. The van der Waals surface area contributed by atoms with E-state index in [-0.39, 0.29) is 17.3 Å². The Morgan fingerprint density at radius 2 is 1.95 bits per heavy atom. The van der Waals surface area contributed by atoms with Crippen molar-refractivity contribution in [3.8, 4) is 0 Å². The van der Waals surface area contributed by atoms with Crippen molar-refractivity contribution < 1.29 is 14.0 Å². The number of carbonyl (C=O) groups is 2. The van der Waals surface area contributed by atoms with E-state index < -0.39 is 23.3 Å². The highest BCUT2D eigenvalue weighted by Gasteiger charge is 2.22. The molecule has 0 bridgehead atoms. The lowest BCUT2D eigenvalue weighted by Crippen LogP contribution is -2.50. The maximum Gasteiger partial charge on any atom is 0.255 e. The molecule has 0 saturated carbocycles. The van der Waals surface area contributed by atoms with Crippen molar-refractivity contribution in [2.45, 2.75) is 39.3 Å². The molecule has 0 aromatic carbocycles. The number of anilines is 1. The number of pyridine rings is 1. The van der Waals surface area contributed by atoms with E-state index in [1.54, 1.807) is 14.0 Å². The van der Waals surface area contributed by atoms with Gasteiger partial charge in [0.1, 0.15) is 17.7 Å². The van der Waals surface area contributed by atoms with Gasteiger partial charge in [-0.15, -0.1) is 0 Å². The van der Waals surface area contributed by atoms with Crippen molar-refractivity contribution in [2.24, 2.45) is 0 Å². The van der Waals surface area contributed by atoms with Gasteiger partial charge in [0.15, 0.2) is 0 Å². The summed E-state index contributed by atoms with van der Waals surface area (Å²) in [5.41, 5.74) is -0.347. The van der Waals surface area contributed by atoms with Crippen LogP contribution in [0.5, 0.6) is 0 Å². The Labute approximate surface area is 123 Å². The van der Waals surface area contributed by atoms with E-state index in [4.69, 9.17) is 0 Å². The van der Waals surface area contributed by atoms with Gasteiger partial charge in [-0.25, -0.2) is 9.37 Å². The highest BCUT2D eigenvalue weighted by atomic mass is 19.1. The lowest BCUT2D eigenvalue weighted by molar-refractivity contribution is -0.124. The molecular weight excluding hydrogens is 275 g/mol. The molecule has 6 nitrogen and oxygen atoms in total. The van der Waals surface area contributed by atoms with Gasteiger partial charge < -0.3 is 16.0 Å². The molecular formula is C14H21FN4O2. The zero-order chi connectivity index (χ0) is 16.2. The standard InChI is InChI=1S/C14H21FN4O2/c1-8(12(20)19-14(2,3)4)18-13(21)10-6-9(15)7-17-11(10)16-5/h6-8H,1-5H3,(H,16,17)(H,18,21)(H,19,20). The first kappa shape index (κ1) is 16.9. The monoisotopic (exact) mass is 296 g/mol. The third kappa shape index (κ3) is 5.02.